The average Bonchev–Trinajstić information content (AvgIpc) is 3.64. The van der Waals surface area contributed by atoms with Gasteiger partial charge in [-0.05, 0) is 12.8 Å². The summed E-state index contributed by atoms with van der Waals surface area (Å²) in [5.41, 5.74) is 2.15. The highest BCUT2D eigenvalue weighted by Gasteiger charge is 2.25. The standard InChI is InChI=1S/2C21H39Cl2N2O2.H2O4S/c2*1-3-4-5-6-7-8-9-10-11-12-21-24(16-19(26)13-22)15-18(2)25(21)17-20(27)14-23;1-5(2,3)4/h2*15,19-20,26-27H,3-14,16-17H2,1-2H3;(H2,1,2,3,4)/q2*+1;/p-2. The van der Waals surface area contributed by atoms with Crippen LogP contribution < -0.4 is 9.13 Å². The van der Waals surface area contributed by atoms with Crippen molar-refractivity contribution in [2.45, 2.75) is 207 Å². The number of unbranched alkanes of at least 4 members (excludes halogenated alkanes) is 16. The number of hydrogen-bond acceptors (Lipinski definition) is 8. The smallest absolute Gasteiger partial charge is 0.256 e. The molecule has 4 N–H and O–H groups in total. The molecule has 0 bridgehead atoms. The van der Waals surface area contributed by atoms with Gasteiger partial charge in [0.2, 0.25) is 0 Å². The summed E-state index contributed by atoms with van der Waals surface area (Å²) in [6, 6.07) is 0. The first-order valence-corrected chi connectivity index (χ1v) is 25.3. The molecule has 0 aliphatic heterocycles. The fraction of sp³-hybridized carbons (Fsp3) is 0.857. The predicted molar refractivity (Wildman–Crippen MR) is 238 cm³/mol. The van der Waals surface area contributed by atoms with Gasteiger partial charge >= 0.3 is 0 Å². The van der Waals surface area contributed by atoms with E-state index < -0.39 is 34.8 Å². The lowest BCUT2D eigenvalue weighted by Crippen LogP contribution is -2.43. The number of nitrogens with zero attached hydrogens (tertiary/aromatic N) is 4. The molecule has 0 radical (unpaired) electrons. The molecule has 348 valence electrons. The van der Waals surface area contributed by atoms with Crippen LogP contribution in [0.1, 0.15) is 152 Å². The quantitative estimate of drug-likeness (QED) is 0.0193. The van der Waals surface area contributed by atoms with E-state index in [-0.39, 0.29) is 23.5 Å². The monoisotopic (exact) mass is 938 g/mol. The largest absolute Gasteiger partial charge is 0.759 e. The Labute approximate surface area is 376 Å². The molecule has 0 aliphatic carbocycles. The lowest BCUT2D eigenvalue weighted by atomic mass is 10.1. The molecule has 4 atom stereocenters. The Morgan fingerprint density at radius 3 is 1.03 bits per heavy atom. The van der Waals surface area contributed by atoms with Gasteiger partial charge in [-0.15, -0.1) is 46.4 Å². The maximum absolute atomic E-state index is 10.00. The zero-order valence-corrected chi connectivity index (χ0v) is 40.2. The van der Waals surface area contributed by atoms with Crippen molar-refractivity contribution in [2.24, 2.45) is 0 Å². The van der Waals surface area contributed by atoms with Crippen LogP contribution in [-0.4, -0.2) is 95.0 Å². The molecule has 2 aromatic heterocycles. The molecule has 0 fully saturated rings. The second kappa shape index (κ2) is 35.7. The van der Waals surface area contributed by atoms with Gasteiger partial charge in [0.1, 0.15) is 74.4 Å². The van der Waals surface area contributed by atoms with Gasteiger partial charge in [-0.3, -0.25) is 8.42 Å². The van der Waals surface area contributed by atoms with Crippen molar-refractivity contribution >= 4 is 56.8 Å². The Morgan fingerprint density at radius 2 is 0.780 bits per heavy atom. The average molecular weight is 941 g/mol. The van der Waals surface area contributed by atoms with Gasteiger partial charge in [-0.1, -0.05) is 117 Å². The second-order valence-corrected chi connectivity index (χ2v) is 17.7. The molecule has 0 aromatic carbocycles. The van der Waals surface area contributed by atoms with Crippen molar-refractivity contribution in [3.05, 3.63) is 35.4 Å². The summed E-state index contributed by atoms with van der Waals surface area (Å²) in [4.78, 5) is 0. The van der Waals surface area contributed by atoms with Gasteiger partial charge in [0.25, 0.3) is 11.6 Å². The van der Waals surface area contributed by atoms with Crippen LogP contribution in [0.5, 0.6) is 0 Å². The van der Waals surface area contributed by atoms with E-state index in [0.717, 1.165) is 48.7 Å². The number of rotatable bonds is 32. The van der Waals surface area contributed by atoms with E-state index in [0.29, 0.717) is 26.2 Å². The van der Waals surface area contributed by atoms with Crippen molar-refractivity contribution in [3.63, 3.8) is 0 Å². The Morgan fingerprint density at radius 1 is 0.525 bits per heavy atom. The zero-order valence-electron chi connectivity index (χ0n) is 36.4. The van der Waals surface area contributed by atoms with Gasteiger partial charge in [0.15, 0.2) is 0 Å². The molecule has 12 nitrogen and oxygen atoms in total. The predicted octanol–water partition coefficient (Wildman–Crippen LogP) is 7.38. The summed E-state index contributed by atoms with van der Waals surface area (Å²) in [5.74, 6) is 3.17. The molecule has 0 saturated carbocycles. The maximum atomic E-state index is 10.00. The minimum absolute atomic E-state index is 0.221. The van der Waals surface area contributed by atoms with Crippen molar-refractivity contribution in [2.75, 3.05) is 23.5 Å². The summed E-state index contributed by atoms with van der Waals surface area (Å²) < 4.78 is 42.5. The number of aliphatic hydroxyl groups is 4. The molecule has 0 spiro atoms. The number of alkyl halides is 4. The highest BCUT2D eigenvalue weighted by atomic mass is 35.5. The summed E-state index contributed by atoms with van der Waals surface area (Å²) in [6.45, 7) is 10.5. The van der Waals surface area contributed by atoms with Crippen LogP contribution in [0, 0.1) is 13.8 Å². The lowest BCUT2D eigenvalue weighted by molar-refractivity contribution is -0.709. The van der Waals surface area contributed by atoms with E-state index in [1.807, 2.05) is 26.2 Å². The van der Waals surface area contributed by atoms with Crippen molar-refractivity contribution in [1.29, 1.82) is 0 Å². The third-order valence-electron chi connectivity index (χ3n) is 10.1. The van der Waals surface area contributed by atoms with E-state index in [2.05, 4.69) is 32.1 Å². The molecule has 2 rings (SSSR count). The Balaban J connectivity index is 0.00000102. The molecular weight excluding hydrogens is 862 g/mol. The third kappa shape index (κ3) is 29.3. The molecule has 2 aromatic rings. The van der Waals surface area contributed by atoms with Crippen LogP contribution in [0.25, 0.3) is 0 Å². The molecule has 59 heavy (non-hydrogen) atoms. The highest BCUT2D eigenvalue weighted by Crippen LogP contribution is 2.15. The summed E-state index contributed by atoms with van der Waals surface area (Å²) in [7, 11) is -5.17. The Kier molecular flexibility index (Phi) is 35.3. The molecular formula is C42H78Cl4N4O8S. The van der Waals surface area contributed by atoms with Crippen molar-refractivity contribution in [1.82, 2.24) is 9.13 Å². The summed E-state index contributed by atoms with van der Waals surface area (Å²) in [6.07, 6.45) is 27.1. The van der Waals surface area contributed by atoms with Gasteiger partial charge in [0.05, 0.1) is 23.5 Å². The van der Waals surface area contributed by atoms with Crippen LogP contribution in [0.15, 0.2) is 12.4 Å². The topological polar surface area (TPSA) is 179 Å². The molecule has 0 saturated heterocycles. The summed E-state index contributed by atoms with van der Waals surface area (Å²) in [5, 5.41) is 39.9. The number of aliphatic hydroxyl groups excluding tert-OH is 4. The van der Waals surface area contributed by atoms with Crippen LogP contribution in [0.3, 0.4) is 0 Å². The Bertz CT molecular complexity index is 1340. The maximum Gasteiger partial charge on any atom is 0.256 e. The zero-order chi connectivity index (χ0) is 44.6. The van der Waals surface area contributed by atoms with Gasteiger partial charge in [0, 0.05) is 37.1 Å². The van der Waals surface area contributed by atoms with Crippen LogP contribution in [0.2, 0.25) is 0 Å². The SMILES string of the molecule is CCCCCCCCCCCc1n(CC(O)CCl)c(C)c[n+]1CC(O)CCl.CCCCCCCCCCCc1n(CC(O)CCl)c(C)c[n+]1CC(O)CCl.O=S(=O)([O-])[O-]. The number of aryl methyl sites for hydroxylation is 2. The Hall–Kier alpha value is -0.710. The lowest BCUT2D eigenvalue weighted by Gasteiger charge is -2.10. The first-order valence-electron chi connectivity index (χ1n) is 21.9. The molecule has 2 heterocycles. The van der Waals surface area contributed by atoms with E-state index in [1.54, 1.807) is 0 Å². The fourth-order valence-electron chi connectivity index (χ4n) is 7.09. The van der Waals surface area contributed by atoms with Crippen LogP contribution in [-0.2, 0) is 49.4 Å². The van der Waals surface area contributed by atoms with Gasteiger partial charge in [-0.2, -0.15) is 0 Å². The number of halogens is 4. The normalized spacial score (nSPS) is 13.7. The van der Waals surface area contributed by atoms with Gasteiger partial charge in [-0.25, -0.2) is 18.3 Å². The van der Waals surface area contributed by atoms with Crippen molar-refractivity contribution < 1.29 is 47.1 Å². The third-order valence-corrected chi connectivity index (χ3v) is 11.6. The van der Waals surface area contributed by atoms with E-state index in [1.165, 1.54) is 103 Å². The molecule has 4 unspecified atom stereocenters. The minimum atomic E-state index is -5.17. The number of aromatic nitrogens is 4. The van der Waals surface area contributed by atoms with Gasteiger partial charge < -0.3 is 29.5 Å². The number of imidazole rings is 2. The first kappa shape index (κ1) is 58.3. The van der Waals surface area contributed by atoms with E-state index in [9.17, 15) is 20.4 Å². The first-order chi connectivity index (χ1) is 28.1. The van der Waals surface area contributed by atoms with E-state index in [4.69, 9.17) is 63.9 Å². The fourth-order valence-corrected chi connectivity index (χ4v) is 7.48. The second-order valence-electron chi connectivity index (χ2n) is 15.7. The van der Waals surface area contributed by atoms with Crippen molar-refractivity contribution in [3.8, 4) is 0 Å². The van der Waals surface area contributed by atoms with Crippen LogP contribution >= 0.6 is 46.4 Å². The minimum Gasteiger partial charge on any atom is -0.759 e. The van der Waals surface area contributed by atoms with E-state index >= 15 is 0 Å². The highest BCUT2D eigenvalue weighted by molar-refractivity contribution is 7.79. The summed E-state index contributed by atoms with van der Waals surface area (Å²) >= 11 is 23.2. The van der Waals surface area contributed by atoms with Crippen LogP contribution in [0.4, 0.5) is 0 Å². The number of hydrogen-bond donors (Lipinski definition) is 4. The molecule has 17 heteroatoms. The molecule has 0 amide bonds. The molecule has 0 aliphatic rings.